The molecule has 180 valence electrons. The first kappa shape index (κ1) is 23.0. The van der Waals surface area contributed by atoms with Gasteiger partial charge in [-0.3, -0.25) is 14.6 Å². The van der Waals surface area contributed by atoms with E-state index in [4.69, 9.17) is 4.74 Å². The number of nitrogens with one attached hydrogen (secondary N) is 1. The summed E-state index contributed by atoms with van der Waals surface area (Å²) in [6.45, 7) is 3.00. The summed E-state index contributed by atoms with van der Waals surface area (Å²) < 4.78 is 7.07. The van der Waals surface area contributed by atoms with Crippen molar-refractivity contribution in [2.45, 2.75) is 62.9 Å². The molecule has 1 aromatic heterocycles. The molecule has 1 aliphatic carbocycles. The number of fused-ring (bicyclic) bond motifs is 3. The van der Waals surface area contributed by atoms with E-state index in [-0.39, 0.29) is 18.0 Å². The van der Waals surface area contributed by atoms with Gasteiger partial charge in [0, 0.05) is 31.2 Å². The van der Waals surface area contributed by atoms with Crippen molar-refractivity contribution in [1.82, 2.24) is 9.97 Å². The van der Waals surface area contributed by atoms with Gasteiger partial charge in [0.1, 0.15) is 6.54 Å². The third kappa shape index (κ3) is 4.71. The number of piperidine rings is 3. The molecule has 0 spiro atoms. The molecule has 3 aliphatic heterocycles. The topological polar surface area (TPSA) is 81.2 Å². The number of hydrogen-bond acceptors (Lipinski definition) is 5. The first-order valence-corrected chi connectivity index (χ1v) is 12.8. The molecule has 1 N–H and O–H groups in total. The molecule has 0 unspecified atom stereocenters. The highest BCUT2D eigenvalue weighted by molar-refractivity contribution is 5.90. The molecule has 2 bridgehead atoms. The summed E-state index contributed by atoms with van der Waals surface area (Å²) in [5, 5.41) is 2.87. The summed E-state index contributed by atoms with van der Waals surface area (Å²) in [6.07, 6.45) is 12.8. The fourth-order valence-corrected chi connectivity index (χ4v) is 6.38. The number of carbonyl (C=O) groups excluding carboxylic acids is 2. The van der Waals surface area contributed by atoms with Crippen molar-refractivity contribution in [3.63, 3.8) is 0 Å². The molecule has 6 rings (SSSR count). The first-order valence-electron chi connectivity index (χ1n) is 12.8. The largest absolute Gasteiger partial charge is 0.455 e. The van der Waals surface area contributed by atoms with Crippen molar-refractivity contribution in [2.75, 3.05) is 31.5 Å². The molecular formula is C27H35N4O3+. The second kappa shape index (κ2) is 9.82. The number of carbonyl (C=O) groups is 2. The van der Waals surface area contributed by atoms with Gasteiger partial charge in [-0.1, -0.05) is 56.0 Å². The van der Waals surface area contributed by atoms with Gasteiger partial charge in [0.05, 0.1) is 24.7 Å². The number of benzene rings is 1. The number of amides is 1. The minimum absolute atomic E-state index is 0.0542. The Bertz CT molecular complexity index is 981. The van der Waals surface area contributed by atoms with Gasteiger partial charge in [0.15, 0.2) is 18.5 Å². The monoisotopic (exact) mass is 463 g/mol. The van der Waals surface area contributed by atoms with E-state index in [1.165, 1.54) is 12.8 Å². The van der Waals surface area contributed by atoms with Crippen molar-refractivity contribution in [3.05, 3.63) is 54.5 Å². The molecule has 34 heavy (non-hydrogen) atoms. The van der Waals surface area contributed by atoms with Crippen molar-refractivity contribution in [3.8, 4) is 0 Å². The van der Waals surface area contributed by atoms with Crippen LogP contribution >= 0.6 is 0 Å². The van der Waals surface area contributed by atoms with Gasteiger partial charge < -0.3 is 14.5 Å². The van der Waals surface area contributed by atoms with Gasteiger partial charge in [0.2, 0.25) is 0 Å². The molecule has 2 aromatic rings. The van der Waals surface area contributed by atoms with Crippen LogP contribution in [0.1, 0.15) is 56.9 Å². The number of esters is 1. The van der Waals surface area contributed by atoms with E-state index >= 15 is 0 Å². The Morgan fingerprint density at radius 3 is 2.44 bits per heavy atom. The van der Waals surface area contributed by atoms with Crippen LogP contribution in [0, 0.1) is 5.92 Å². The summed E-state index contributed by atoms with van der Waals surface area (Å²) in [6, 6.07) is 10.2. The number of nitrogens with zero attached hydrogens (tertiary/aromatic N) is 3. The third-order valence-corrected chi connectivity index (χ3v) is 8.28. The SMILES string of the molecule is O=C(C[N+]12CCC(CC1)[C@@H](OC(=O)C1(c3ccccc3)CCCCCC1)C2)Nc1cnccn1. The lowest BCUT2D eigenvalue weighted by Crippen LogP contribution is -2.66. The lowest BCUT2D eigenvalue weighted by Gasteiger charge is -2.52. The fourth-order valence-electron chi connectivity index (χ4n) is 6.38. The Balaban J connectivity index is 1.30. The maximum Gasteiger partial charge on any atom is 0.317 e. The van der Waals surface area contributed by atoms with E-state index < -0.39 is 5.41 Å². The average molecular weight is 464 g/mol. The second-order valence-electron chi connectivity index (χ2n) is 10.4. The minimum atomic E-state index is -0.544. The zero-order chi connectivity index (χ0) is 23.4. The normalized spacial score (nSPS) is 28.0. The van der Waals surface area contributed by atoms with Crippen LogP contribution in [0.3, 0.4) is 0 Å². The van der Waals surface area contributed by atoms with Crippen LogP contribution in [0.2, 0.25) is 0 Å². The maximum absolute atomic E-state index is 13.9. The van der Waals surface area contributed by atoms with Crippen molar-refractivity contribution < 1.29 is 18.8 Å². The molecule has 1 amide bonds. The van der Waals surface area contributed by atoms with Gasteiger partial charge in [-0.05, 0) is 18.4 Å². The zero-order valence-electron chi connectivity index (χ0n) is 19.8. The van der Waals surface area contributed by atoms with E-state index in [1.807, 2.05) is 18.2 Å². The fraction of sp³-hybridized carbons (Fsp3) is 0.556. The van der Waals surface area contributed by atoms with E-state index in [1.54, 1.807) is 18.6 Å². The molecule has 1 atom stereocenters. The van der Waals surface area contributed by atoms with Crippen LogP contribution < -0.4 is 5.32 Å². The van der Waals surface area contributed by atoms with Gasteiger partial charge in [-0.25, -0.2) is 4.98 Å². The molecule has 4 aliphatic rings. The molecule has 7 heteroatoms. The summed E-state index contributed by atoms with van der Waals surface area (Å²) in [4.78, 5) is 34.8. The van der Waals surface area contributed by atoms with Crippen LogP contribution in [0.5, 0.6) is 0 Å². The molecule has 4 heterocycles. The lowest BCUT2D eigenvalue weighted by atomic mass is 9.74. The third-order valence-electron chi connectivity index (χ3n) is 8.28. The zero-order valence-corrected chi connectivity index (χ0v) is 19.8. The quantitative estimate of drug-likeness (QED) is 0.400. The molecule has 1 saturated carbocycles. The smallest absolute Gasteiger partial charge is 0.317 e. The summed E-state index contributed by atoms with van der Waals surface area (Å²) >= 11 is 0. The van der Waals surface area contributed by atoms with Crippen LogP contribution in [-0.4, -0.2) is 58.6 Å². The number of aromatic nitrogens is 2. The number of anilines is 1. The lowest BCUT2D eigenvalue weighted by molar-refractivity contribution is -0.939. The van der Waals surface area contributed by atoms with Crippen LogP contribution in [0.25, 0.3) is 0 Å². The van der Waals surface area contributed by atoms with E-state index in [0.717, 1.165) is 63.7 Å². The number of hydrogen-bond donors (Lipinski definition) is 1. The number of rotatable bonds is 6. The first-order chi connectivity index (χ1) is 16.6. The van der Waals surface area contributed by atoms with E-state index in [0.29, 0.717) is 22.8 Å². The summed E-state index contributed by atoms with van der Waals surface area (Å²) in [5.41, 5.74) is 0.549. The highest BCUT2D eigenvalue weighted by atomic mass is 16.5. The second-order valence-corrected chi connectivity index (χ2v) is 10.4. The van der Waals surface area contributed by atoms with Gasteiger partial charge in [-0.2, -0.15) is 0 Å². The summed E-state index contributed by atoms with van der Waals surface area (Å²) in [7, 11) is 0. The Morgan fingerprint density at radius 2 is 1.76 bits per heavy atom. The molecule has 4 fully saturated rings. The van der Waals surface area contributed by atoms with Crippen molar-refractivity contribution in [1.29, 1.82) is 0 Å². The van der Waals surface area contributed by atoms with Gasteiger partial charge in [-0.15, -0.1) is 0 Å². The van der Waals surface area contributed by atoms with E-state index in [9.17, 15) is 9.59 Å². The Kier molecular flexibility index (Phi) is 6.63. The molecule has 7 nitrogen and oxygen atoms in total. The van der Waals surface area contributed by atoms with Gasteiger partial charge in [0.25, 0.3) is 5.91 Å². The highest BCUT2D eigenvalue weighted by Crippen LogP contribution is 2.42. The highest BCUT2D eigenvalue weighted by Gasteiger charge is 2.51. The minimum Gasteiger partial charge on any atom is -0.455 e. The average Bonchev–Trinajstić information content (AvgIpc) is 3.13. The molecule has 1 aromatic carbocycles. The van der Waals surface area contributed by atoms with Crippen LogP contribution in [0.4, 0.5) is 5.82 Å². The number of ether oxygens (including phenoxy) is 1. The summed E-state index contributed by atoms with van der Waals surface area (Å²) in [5.74, 6) is 0.751. The molecule has 0 radical (unpaired) electrons. The van der Waals surface area contributed by atoms with Crippen LogP contribution in [0.15, 0.2) is 48.9 Å². The standard InChI is InChI=1S/C27H34N4O3/c32-25(30-24-18-28-14-15-29-24)20-31-16-10-21(11-17-31)23(19-31)34-26(33)27(12-6-1-2-7-13-27)22-8-4-3-5-9-22/h3-5,8-9,14-15,18,21,23H,1-2,6-7,10-13,16-17,19-20H2/p+1/t21?,23-,31?/m0/s1. The van der Waals surface area contributed by atoms with E-state index in [2.05, 4.69) is 27.4 Å². The predicted molar refractivity (Wildman–Crippen MR) is 129 cm³/mol. The maximum atomic E-state index is 13.9. The van der Waals surface area contributed by atoms with Crippen molar-refractivity contribution in [2.24, 2.45) is 5.92 Å². The molecule has 3 saturated heterocycles. The van der Waals surface area contributed by atoms with Crippen molar-refractivity contribution >= 4 is 17.7 Å². The Hall–Kier alpha value is -2.80. The Labute approximate surface area is 201 Å². The molecular weight excluding hydrogens is 428 g/mol. The predicted octanol–water partition coefficient (Wildman–Crippen LogP) is 3.86. The van der Waals surface area contributed by atoms with Crippen LogP contribution in [-0.2, 0) is 19.7 Å². The number of quaternary nitrogens is 1. The Morgan fingerprint density at radius 1 is 1.03 bits per heavy atom. The van der Waals surface area contributed by atoms with Gasteiger partial charge >= 0.3 is 5.97 Å².